The lowest BCUT2D eigenvalue weighted by Gasteiger charge is -2.24. The van der Waals surface area contributed by atoms with Crippen molar-refractivity contribution in [2.75, 3.05) is 30.3 Å². The van der Waals surface area contributed by atoms with Crippen molar-refractivity contribution in [3.8, 4) is 5.75 Å². The quantitative estimate of drug-likeness (QED) is 0.544. The summed E-state index contributed by atoms with van der Waals surface area (Å²) in [7, 11) is -3.50. The lowest BCUT2D eigenvalue weighted by Crippen LogP contribution is -2.33. The van der Waals surface area contributed by atoms with E-state index in [2.05, 4.69) is 5.32 Å². The molecule has 2 aromatic carbocycles. The Labute approximate surface area is 181 Å². The Kier molecular flexibility index (Phi) is 8.61. The van der Waals surface area contributed by atoms with E-state index < -0.39 is 10.0 Å². The van der Waals surface area contributed by atoms with E-state index in [1.807, 2.05) is 19.1 Å². The van der Waals surface area contributed by atoms with Crippen molar-refractivity contribution < 1.29 is 17.9 Å². The maximum absolute atomic E-state index is 12.2. The van der Waals surface area contributed by atoms with E-state index in [0.29, 0.717) is 34.4 Å². The maximum Gasteiger partial charge on any atom is 0.232 e. The molecule has 6 nitrogen and oxygen atoms in total. The van der Waals surface area contributed by atoms with Crippen LogP contribution < -0.4 is 14.4 Å². The molecular weight excluding hydrogens is 435 g/mol. The van der Waals surface area contributed by atoms with Gasteiger partial charge in [-0.3, -0.25) is 9.10 Å². The monoisotopic (exact) mass is 458 g/mol. The Balaban J connectivity index is 1.81. The van der Waals surface area contributed by atoms with E-state index in [1.54, 1.807) is 30.3 Å². The Morgan fingerprint density at radius 2 is 1.90 bits per heavy atom. The highest BCUT2D eigenvalue weighted by atomic mass is 35.5. The van der Waals surface area contributed by atoms with Crippen LogP contribution in [0.25, 0.3) is 0 Å². The number of anilines is 1. The molecule has 2 aromatic rings. The van der Waals surface area contributed by atoms with E-state index in [4.69, 9.17) is 27.9 Å². The predicted octanol–water partition coefficient (Wildman–Crippen LogP) is 4.04. The molecule has 0 radical (unpaired) electrons. The van der Waals surface area contributed by atoms with Crippen molar-refractivity contribution in [2.45, 2.75) is 19.8 Å². The average molecular weight is 459 g/mol. The molecule has 0 aliphatic heterocycles. The number of nitrogens with one attached hydrogen (secondary N) is 1. The molecule has 158 valence electrons. The molecule has 0 aromatic heterocycles. The number of para-hydroxylation sites is 1. The van der Waals surface area contributed by atoms with E-state index in [9.17, 15) is 13.2 Å². The van der Waals surface area contributed by atoms with Crippen LogP contribution in [0.15, 0.2) is 42.5 Å². The first-order valence-corrected chi connectivity index (χ1v) is 11.7. The average Bonchev–Trinajstić information content (AvgIpc) is 2.65. The van der Waals surface area contributed by atoms with Gasteiger partial charge >= 0.3 is 0 Å². The molecule has 0 aliphatic rings. The highest BCUT2D eigenvalue weighted by Gasteiger charge is 2.19. The summed E-state index contributed by atoms with van der Waals surface area (Å²) in [5.41, 5.74) is 1.31. The molecule has 0 bridgehead atoms. The van der Waals surface area contributed by atoms with Gasteiger partial charge < -0.3 is 10.1 Å². The first-order chi connectivity index (χ1) is 13.7. The van der Waals surface area contributed by atoms with Crippen LogP contribution in [-0.4, -0.2) is 40.3 Å². The van der Waals surface area contributed by atoms with E-state index >= 15 is 0 Å². The molecule has 9 heteroatoms. The van der Waals surface area contributed by atoms with Gasteiger partial charge in [0.1, 0.15) is 12.4 Å². The Morgan fingerprint density at radius 1 is 1.17 bits per heavy atom. The molecule has 0 aliphatic carbocycles. The fourth-order valence-electron chi connectivity index (χ4n) is 2.70. The number of rotatable bonds is 10. The lowest BCUT2D eigenvalue weighted by molar-refractivity contribution is -0.121. The number of hydrogen-bond acceptors (Lipinski definition) is 4. The van der Waals surface area contributed by atoms with E-state index in [-0.39, 0.29) is 25.5 Å². The number of carbonyl (C=O) groups is 1. The van der Waals surface area contributed by atoms with Crippen molar-refractivity contribution in [3.05, 3.63) is 58.1 Å². The molecule has 2 rings (SSSR count). The lowest BCUT2D eigenvalue weighted by atomic mass is 10.2. The van der Waals surface area contributed by atoms with Gasteiger partial charge in [-0.2, -0.15) is 0 Å². The number of ether oxygens (including phenoxy) is 1. The third kappa shape index (κ3) is 7.42. The summed E-state index contributed by atoms with van der Waals surface area (Å²) in [5, 5.41) is 3.71. The van der Waals surface area contributed by atoms with E-state index in [1.165, 1.54) is 4.31 Å². The van der Waals surface area contributed by atoms with Crippen LogP contribution in [0.4, 0.5) is 5.69 Å². The van der Waals surface area contributed by atoms with Gasteiger partial charge in [0.25, 0.3) is 0 Å². The Morgan fingerprint density at radius 3 is 2.59 bits per heavy atom. The first-order valence-electron chi connectivity index (χ1n) is 9.06. The molecule has 0 unspecified atom stereocenters. The third-order valence-corrected chi connectivity index (χ3v) is 5.85. The van der Waals surface area contributed by atoms with Crippen LogP contribution in [0.1, 0.15) is 18.4 Å². The third-order valence-electron chi connectivity index (χ3n) is 4.12. The second-order valence-electron chi connectivity index (χ2n) is 6.50. The molecule has 0 spiro atoms. The second-order valence-corrected chi connectivity index (χ2v) is 9.25. The summed E-state index contributed by atoms with van der Waals surface area (Å²) in [5.74, 6) is 0.383. The zero-order valence-electron chi connectivity index (χ0n) is 16.3. The molecule has 29 heavy (non-hydrogen) atoms. The summed E-state index contributed by atoms with van der Waals surface area (Å²) < 4.78 is 31.2. The van der Waals surface area contributed by atoms with Crippen molar-refractivity contribution in [1.82, 2.24) is 5.32 Å². The molecule has 0 saturated heterocycles. The van der Waals surface area contributed by atoms with Crippen molar-refractivity contribution in [1.29, 1.82) is 0 Å². The number of nitrogens with zero attached hydrogens (tertiary/aromatic N) is 1. The maximum atomic E-state index is 12.2. The topological polar surface area (TPSA) is 75.7 Å². The van der Waals surface area contributed by atoms with Crippen molar-refractivity contribution in [3.63, 3.8) is 0 Å². The van der Waals surface area contributed by atoms with Gasteiger partial charge in [-0.05, 0) is 43.2 Å². The molecule has 0 atom stereocenters. The number of amides is 1. The van der Waals surface area contributed by atoms with Gasteiger partial charge in [-0.15, -0.1) is 0 Å². The number of sulfonamides is 1. The number of hydrogen-bond donors (Lipinski definition) is 1. The normalized spacial score (nSPS) is 11.2. The SMILES string of the molecule is Cc1ccc(Cl)cc1N(CCCC(=O)NCCOc1ccccc1Cl)S(C)(=O)=O. The summed E-state index contributed by atoms with van der Waals surface area (Å²) in [4.78, 5) is 12.0. The molecule has 0 heterocycles. The van der Waals surface area contributed by atoms with E-state index in [0.717, 1.165) is 11.8 Å². The highest BCUT2D eigenvalue weighted by molar-refractivity contribution is 7.92. The largest absolute Gasteiger partial charge is 0.490 e. The van der Waals surface area contributed by atoms with Crippen LogP contribution >= 0.6 is 23.2 Å². The second kappa shape index (κ2) is 10.7. The standard InChI is InChI=1S/C20H24Cl2N2O4S/c1-15-9-10-16(21)14-18(15)24(29(2,26)27)12-5-8-20(25)23-11-13-28-19-7-4-3-6-17(19)22/h3-4,6-7,9-10,14H,5,8,11-13H2,1-2H3,(H,23,25). The Hall–Kier alpha value is -1.96. The van der Waals surface area contributed by atoms with Crippen LogP contribution in [0.5, 0.6) is 5.75 Å². The van der Waals surface area contributed by atoms with Crippen molar-refractivity contribution >= 4 is 44.8 Å². The predicted molar refractivity (Wildman–Crippen MR) is 118 cm³/mol. The van der Waals surface area contributed by atoms with Crippen LogP contribution in [0.3, 0.4) is 0 Å². The molecular formula is C20H24Cl2N2O4S. The van der Waals surface area contributed by atoms with Crippen LogP contribution in [-0.2, 0) is 14.8 Å². The van der Waals surface area contributed by atoms with Crippen LogP contribution in [0.2, 0.25) is 10.0 Å². The minimum absolute atomic E-state index is 0.177. The number of benzene rings is 2. The van der Waals surface area contributed by atoms with Gasteiger partial charge in [0.05, 0.1) is 23.5 Å². The smallest absolute Gasteiger partial charge is 0.232 e. The molecule has 1 N–H and O–H groups in total. The van der Waals surface area contributed by atoms with Crippen molar-refractivity contribution in [2.24, 2.45) is 0 Å². The minimum Gasteiger partial charge on any atom is -0.490 e. The van der Waals surface area contributed by atoms with Gasteiger partial charge in [0.15, 0.2) is 0 Å². The molecule has 1 amide bonds. The summed E-state index contributed by atoms with van der Waals surface area (Å²) in [6.07, 6.45) is 1.70. The Bertz CT molecular complexity index is 951. The molecule has 0 fully saturated rings. The zero-order valence-corrected chi connectivity index (χ0v) is 18.6. The summed E-state index contributed by atoms with van der Waals surface area (Å²) in [6, 6.07) is 12.2. The summed E-state index contributed by atoms with van der Waals surface area (Å²) >= 11 is 12.0. The fourth-order valence-corrected chi connectivity index (χ4v) is 4.07. The van der Waals surface area contributed by atoms with Gasteiger partial charge in [0, 0.05) is 18.0 Å². The highest BCUT2D eigenvalue weighted by Crippen LogP contribution is 2.26. The fraction of sp³-hybridized carbons (Fsp3) is 0.350. The number of aryl methyl sites for hydroxylation is 1. The van der Waals surface area contributed by atoms with Crippen LogP contribution in [0, 0.1) is 6.92 Å². The number of halogens is 2. The van der Waals surface area contributed by atoms with Gasteiger partial charge in [0.2, 0.25) is 15.9 Å². The zero-order chi connectivity index (χ0) is 21.4. The first kappa shape index (κ1) is 23.3. The molecule has 0 saturated carbocycles. The van der Waals surface area contributed by atoms with Gasteiger partial charge in [-0.25, -0.2) is 8.42 Å². The summed E-state index contributed by atoms with van der Waals surface area (Å²) in [6.45, 7) is 2.61. The number of carbonyl (C=O) groups excluding carboxylic acids is 1. The van der Waals surface area contributed by atoms with Gasteiger partial charge in [-0.1, -0.05) is 41.4 Å². The minimum atomic E-state index is -3.50.